The molecule has 5 rings (SSSR count). The first-order chi connectivity index (χ1) is 14.7. The van der Waals surface area contributed by atoms with Crippen molar-refractivity contribution in [3.63, 3.8) is 0 Å². The number of phenols is 1. The van der Waals surface area contributed by atoms with E-state index in [9.17, 15) is 9.90 Å². The van der Waals surface area contributed by atoms with Crippen LogP contribution in [0.1, 0.15) is 15.9 Å². The second kappa shape index (κ2) is 7.37. The number of hydrogen-bond acceptors (Lipinski definition) is 3. The van der Waals surface area contributed by atoms with Crippen LogP contribution in [0.15, 0.2) is 103 Å². The van der Waals surface area contributed by atoms with Crippen LogP contribution >= 0.6 is 0 Å². The Kier molecular flexibility index (Phi) is 4.41. The van der Waals surface area contributed by atoms with Gasteiger partial charge < -0.3 is 9.84 Å². The second-order valence-electron chi connectivity index (χ2n) is 7.21. The zero-order valence-corrected chi connectivity index (χ0v) is 16.1. The van der Waals surface area contributed by atoms with E-state index < -0.39 is 0 Å². The van der Waals surface area contributed by atoms with Crippen LogP contribution in [0.25, 0.3) is 21.5 Å². The van der Waals surface area contributed by atoms with Crippen molar-refractivity contribution in [2.24, 2.45) is 0 Å². The van der Waals surface area contributed by atoms with Crippen molar-refractivity contribution in [1.82, 2.24) is 0 Å². The molecule has 0 aliphatic carbocycles. The number of ketones is 1. The lowest BCUT2D eigenvalue weighted by Crippen LogP contribution is -2.00. The molecule has 0 atom stereocenters. The zero-order valence-electron chi connectivity index (χ0n) is 16.1. The Balaban J connectivity index is 1.38. The van der Waals surface area contributed by atoms with E-state index in [0.717, 1.165) is 16.5 Å². The average molecular weight is 390 g/mol. The summed E-state index contributed by atoms with van der Waals surface area (Å²) in [6, 6.07) is 32.0. The maximum atomic E-state index is 12.6. The SMILES string of the molecule is O=C(c1ccc(O)cc1)c1ccc(Oc2ccc3cc4ccccc4cc3c2)cc1. The number of ether oxygens (including phenoxy) is 1. The highest BCUT2D eigenvalue weighted by Gasteiger charge is 2.09. The summed E-state index contributed by atoms with van der Waals surface area (Å²) in [6.45, 7) is 0. The first-order valence-corrected chi connectivity index (χ1v) is 9.70. The van der Waals surface area contributed by atoms with E-state index in [0.29, 0.717) is 16.9 Å². The van der Waals surface area contributed by atoms with Gasteiger partial charge in [0.05, 0.1) is 0 Å². The van der Waals surface area contributed by atoms with Gasteiger partial charge in [-0.05, 0) is 94.3 Å². The van der Waals surface area contributed by atoms with Crippen LogP contribution in [0.5, 0.6) is 17.2 Å². The highest BCUT2D eigenvalue weighted by molar-refractivity contribution is 6.09. The van der Waals surface area contributed by atoms with Gasteiger partial charge in [-0.15, -0.1) is 0 Å². The van der Waals surface area contributed by atoms with Gasteiger partial charge in [0.1, 0.15) is 17.2 Å². The molecule has 0 radical (unpaired) electrons. The largest absolute Gasteiger partial charge is 0.508 e. The van der Waals surface area contributed by atoms with Crippen molar-refractivity contribution in [1.29, 1.82) is 0 Å². The van der Waals surface area contributed by atoms with Crippen LogP contribution in [-0.4, -0.2) is 10.9 Å². The smallest absolute Gasteiger partial charge is 0.193 e. The maximum absolute atomic E-state index is 12.6. The highest BCUT2D eigenvalue weighted by Crippen LogP contribution is 2.29. The van der Waals surface area contributed by atoms with Crippen LogP contribution in [0.4, 0.5) is 0 Å². The Morgan fingerprint density at radius 1 is 0.567 bits per heavy atom. The van der Waals surface area contributed by atoms with Gasteiger partial charge in [-0.1, -0.05) is 30.3 Å². The number of carbonyl (C=O) groups is 1. The standard InChI is InChI=1S/C27H18O3/c28-24-10-5-18(6-11-24)27(29)19-7-12-25(13-8-19)30-26-14-9-22-15-20-3-1-2-4-21(20)16-23(22)17-26/h1-17,28H. The number of aromatic hydroxyl groups is 1. The molecule has 0 fully saturated rings. The Morgan fingerprint density at radius 3 is 1.77 bits per heavy atom. The summed E-state index contributed by atoms with van der Waals surface area (Å²) < 4.78 is 6.01. The number of rotatable bonds is 4. The molecule has 0 bridgehead atoms. The third kappa shape index (κ3) is 3.49. The van der Waals surface area contributed by atoms with Crippen molar-refractivity contribution in [3.8, 4) is 17.2 Å². The van der Waals surface area contributed by atoms with Crippen molar-refractivity contribution < 1.29 is 14.6 Å². The lowest BCUT2D eigenvalue weighted by atomic mass is 10.0. The average Bonchev–Trinajstić information content (AvgIpc) is 2.78. The number of phenolic OH excluding ortho intramolecular Hbond substituents is 1. The second-order valence-corrected chi connectivity index (χ2v) is 7.21. The van der Waals surface area contributed by atoms with Crippen LogP contribution in [0, 0.1) is 0 Å². The third-order valence-corrected chi connectivity index (χ3v) is 5.16. The fourth-order valence-corrected chi connectivity index (χ4v) is 3.57. The van der Waals surface area contributed by atoms with E-state index in [2.05, 4.69) is 30.3 Å². The minimum absolute atomic E-state index is 0.0980. The fraction of sp³-hybridized carbons (Fsp3) is 0. The number of carbonyl (C=O) groups excluding carboxylic acids is 1. The molecule has 0 aliphatic heterocycles. The Morgan fingerprint density at radius 2 is 1.10 bits per heavy atom. The third-order valence-electron chi connectivity index (χ3n) is 5.16. The molecule has 0 saturated heterocycles. The van der Waals surface area contributed by atoms with Crippen LogP contribution in [0.2, 0.25) is 0 Å². The first kappa shape index (κ1) is 18.0. The maximum Gasteiger partial charge on any atom is 0.193 e. The van der Waals surface area contributed by atoms with Gasteiger partial charge in [-0.25, -0.2) is 0 Å². The summed E-state index contributed by atoms with van der Waals surface area (Å²) in [5.74, 6) is 1.45. The summed E-state index contributed by atoms with van der Waals surface area (Å²) in [7, 11) is 0. The molecule has 0 aromatic heterocycles. The summed E-state index contributed by atoms with van der Waals surface area (Å²) in [5, 5.41) is 14.1. The molecule has 144 valence electrons. The topological polar surface area (TPSA) is 46.5 Å². The fourth-order valence-electron chi connectivity index (χ4n) is 3.57. The Bertz CT molecular complexity index is 1370. The Hall–Kier alpha value is -4.11. The van der Waals surface area contributed by atoms with Gasteiger partial charge in [-0.3, -0.25) is 4.79 Å². The van der Waals surface area contributed by atoms with Gasteiger partial charge in [0, 0.05) is 11.1 Å². The van der Waals surface area contributed by atoms with E-state index in [1.165, 1.54) is 22.9 Å². The molecule has 1 N–H and O–H groups in total. The summed E-state index contributed by atoms with van der Waals surface area (Å²) >= 11 is 0. The summed E-state index contributed by atoms with van der Waals surface area (Å²) in [4.78, 5) is 12.6. The normalized spacial score (nSPS) is 10.9. The Labute approximate surface area is 173 Å². The lowest BCUT2D eigenvalue weighted by molar-refractivity contribution is 0.103. The minimum Gasteiger partial charge on any atom is -0.508 e. The van der Waals surface area contributed by atoms with Crippen molar-refractivity contribution in [3.05, 3.63) is 114 Å². The molecule has 0 amide bonds. The molecular formula is C27H18O3. The molecule has 0 unspecified atom stereocenters. The summed E-state index contributed by atoms with van der Waals surface area (Å²) in [6.07, 6.45) is 0. The zero-order chi connectivity index (χ0) is 20.5. The summed E-state index contributed by atoms with van der Waals surface area (Å²) in [5.41, 5.74) is 1.10. The van der Waals surface area contributed by atoms with Crippen molar-refractivity contribution in [2.75, 3.05) is 0 Å². The molecule has 0 aliphatic rings. The lowest BCUT2D eigenvalue weighted by Gasteiger charge is -2.09. The van der Waals surface area contributed by atoms with E-state index >= 15 is 0 Å². The van der Waals surface area contributed by atoms with Gasteiger partial charge in [0.15, 0.2) is 5.78 Å². The number of fused-ring (bicyclic) bond motifs is 2. The predicted octanol–water partition coefficient (Wildman–Crippen LogP) is 6.72. The molecule has 3 heteroatoms. The molecule has 5 aromatic carbocycles. The van der Waals surface area contributed by atoms with Crippen molar-refractivity contribution >= 4 is 27.3 Å². The number of hydrogen-bond donors (Lipinski definition) is 1. The molecule has 30 heavy (non-hydrogen) atoms. The molecule has 3 nitrogen and oxygen atoms in total. The van der Waals surface area contributed by atoms with Crippen LogP contribution in [-0.2, 0) is 0 Å². The molecular weight excluding hydrogens is 372 g/mol. The minimum atomic E-state index is -0.0980. The predicted molar refractivity (Wildman–Crippen MR) is 120 cm³/mol. The molecule has 5 aromatic rings. The van der Waals surface area contributed by atoms with Gasteiger partial charge in [0.25, 0.3) is 0 Å². The van der Waals surface area contributed by atoms with E-state index in [-0.39, 0.29) is 11.5 Å². The molecule has 0 saturated carbocycles. The van der Waals surface area contributed by atoms with Crippen LogP contribution in [0.3, 0.4) is 0 Å². The van der Waals surface area contributed by atoms with Gasteiger partial charge in [0.2, 0.25) is 0 Å². The van der Waals surface area contributed by atoms with E-state index in [4.69, 9.17) is 4.74 Å². The molecule has 0 spiro atoms. The van der Waals surface area contributed by atoms with Crippen molar-refractivity contribution in [2.45, 2.75) is 0 Å². The van der Waals surface area contributed by atoms with Crippen LogP contribution < -0.4 is 4.74 Å². The van der Waals surface area contributed by atoms with E-state index in [1.54, 1.807) is 36.4 Å². The monoisotopic (exact) mass is 390 g/mol. The first-order valence-electron chi connectivity index (χ1n) is 9.70. The number of benzene rings is 5. The highest BCUT2D eigenvalue weighted by atomic mass is 16.5. The van der Waals surface area contributed by atoms with Gasteiger partial charge >= 0.3 is 0 Å². The molecule has 0 heterocycles. The van der Waals surface area contributed by atoms with E-state index in [1.807, 2.05) is 24.3 Å². The van der Waals surface area contributed by atoms with Gasteiger partial charge in [-0.2, -0.15) is 0 Å². The quantitative estimate of drug-likeness (QED) is 0.274.